The smallest absolute Gasteiger partial charge is 0.339 e. The summed E-state index contributed by atoms with van der Waals surface area (Å²) in [4.78, 5) is 24.2. The molecule has 0 bridgehead atoms. The summed E-state index contributed by atoms with van der Waals surface area (Å²) in [5.41, 5.74) is 0. The molecular weight excluding hydrogens is 504 g/mol. The Bertz CT molecular complexity index is 579. The molecule has 10 nitrogen and oxygen atoms in total. The first-order valence-corrected chi connectivity index (χ1v) is 15.0. The van der Waals surface area contributed by atoms with Gasteiger partial charge in [-0.15, -0.1) is 0 Å². The maximum absolute atomic E-state index is 12.2. The second-order valence-electron chi connectivity index (χ2n) is 10.8. The Morgan fingerprint density at radius 2 is 1.18 bits per heavy atom. The van der Waals surface area contributed by atoms with Crippen LogP contribution in [-0.4, -0.2) is 88.8 Å². The largest absolute Gasteiger partial charge is 0.440 e. The summed E-state index contributed by atoms with van der Waals surface area (Å²) in [6, 6.07) is 0. The van der Waals surface area contributed by atoms with Crippen LogP contribution in [0, 0.1) is 5.92 Å². The summed E-state index contributed by atoms with van der Waals surface area (Å²) in [7, 11) is 3.75. The molecule has 0 aliphatic heterocycles. The number of esters is 1. The van der Waals surface area contributed by atoms with E-state index in [1.54, 1.807) is 6.92 Å². The monoisotopic (exact) mass is 564 g/mol. The molecule has 0 radical (unpaired) electrons. The van der Waals surface area contributed by atoms with Gasteiger partial charge in [-0.25, -0.2) is 4.79 Å². The van der Waals surface area contributed by atoms with Gasteiger partial charge in [0, 0.05) is 12.8 Å². The van der Waals surface area contributed by atoms with Crippen LogP contribution in [-0.2, 0) is 14.3 Å². The maximum atomic E-state index is 12.2. The molecule has 0 spiro atoms. The van der Waals surface area contributed by atoms with E-state index in [-0.39, 0.29) is 12.3 Å². The van der Waals surface area contributed by atoms with E-state index >= 15 is 0 Å². The number of amides is 1. The summed E-state index contributed by atoms with van der Waals surface area (Å²) in [5, 5.41) is 52.7. The van der Waals surface area contributed by atoms with Gasteiger partial charge < -0.3 is 40.9 Å². The second-order valence-corrected chi connectivity index (χ2v) is 10.8. The van der Waals surface area contributed by atoms with Gasteiger partial charge in [-0.3, -0.25) is 4.79 Å². The third-order valence-electron chi connectivity index (χ3n) is 6.38. The number of nitrogens with one attached hydrogen (secondary N) is 2. The molecule has 7 N–H and O–H groups in total. The number of carbonyl (C=O) groups excluding carboxylic acids is 2. The molecule has 10 heteroatoms. The summed E-state index contributed by atoms with van der Waals surface area (Å²) < 4.78 is 5.01. The Hall–Kier alpha value is -1.30. The zero-order chi connectivity index (χ0) is 30.1. The molecule has 0 rings (SSSR count). The molecule has 0 fully saturated rings. The molecule has 0 saturated carbocycles. The van der Waals surface area contributed by atoms with Crippen LogP contribution in [0.2, 0.25) is 0 Å². The van der Waals surface area contributed by atoms with Crippen LogP contribution in [0.3, 0.4) is 0 Å². The van der Waals surface area contributed by atoms with Crippen LogP contribution in [0.5, 0.6) is 0 Å². The third kappa shape index (κ3) is 23.1. The normalized spacial score (nSPS) is 15.1. The highest BCUT2D eigenvalue weighted by Crippen LogP contribution is 2.14. The van der Waals surface area contributed by atoms with Gasteiger partial charge in [0.2, 0.25) is 5.91 Å². The predicted molar refractivity (Wildman–Crippen MR) is 154 cm³/mol. The standard InChI is InChI=1S/C27H53NO8.C2H7N/c1-4-23(36-27(35)26(34)25(33)24(32)21(30)19-29)28-22(31)18-16-14-12-10-8-6-5-7-9-11-13-15-17-20(2)3;1-3-2/h20-21,23-26,29-30,32-34H,4-19H2,1-3H3,(H,28,31);3H,1-2H3/t21-,23?,24-,25+,26-;/m1./s1. The number of hydrogen-bond donors (Lipinski definition) is 7. The SMILES string of the molecule is CCC(NC(=O)CCCCCCCCCCCCCCC(C)C)OC(=O)[C@H](O)[C@@H](O)[C@H](O)[C@H](O)CO.CNC. The molecule has 1 unspecified atom stereocenters. The lowest BCUT2D eigenvalue weighted by Gasteiger charge is -2.26. The first-order valence-electron chi connectivity index (χ1n) is 15.0. The Labute approximate surface area is 236 Å². The van der Waals surface area contributed by atoms with Crippen LogP contribution < -0.4 is 10.6 Å². The Morgan fingerprint density at radius 3 is 1.59 bits per heavy atom. The number of hydrogen-bond acceptors (Lipinski definition) is 9. The molecule has 0 aliphatic rings. The van der Waals surface area contributed by atoms with Crippen molar-refractivity contribution in [2.45, 2.75) is 148 Å². The zero-order valence-electron chi connectivity index (χ0n) is 25.2. The van der Waals surface area contributed by atoms with E-state index in [0.717, 1.165) is 25.2 Å². The highest BCUT2D eigenvalue weighted by atomic mass is 16.6. The first kappa shape index (κ1) is 39.8. The Kier molecular flexibility index (Phi) is 27.5. The summed E-state index contributed by atoms with van der Waals surface area (Å²) >= 11 is 0. The summed E-state index contributed by atoms with van der Waals surface area (Å²) in [5.74, 6) is -0.700. The number of ether oxygens (including phenoxy) is 1. The number of unbranched alkanes of at least 4 members (excludes halogenated alkanes) is 11. The van der Waals surface area contributed by atoms with E-state index in [0.29, 0.717) is 6.42 Å². The van der Waals surface area contributed by atoms with Crippen molar-refractivity contribution < 1.29 is 39.9 Å². The van der Waals surface area contributed by atoms with E-state index in [1.165, 1.54) is 64.2 Å². The van der Waals surface area contributed by atoms with Gasteiger partial charge >= 0.3 is 5.97 Å². The molecule has 39 heavy (non-hydrogen) atoms. The van der Waals surface area contributed by atoms with Gasteiger partial charge in [0.15, 0.2) is 12.3 Å². The van der Waals surface area contributed by atoms with Crippen LogP contribution in [0.1, 0.15) is 117 Å². The average molecular weight is 565 g/mol. The van der Waals surface area contributed by atoms with E-state index in [1.807, 2.05) is 14.1 Å². The summed E-state index contributed by atoms with van der Waals surface area (Å²) in [6.45, 7) is 5.39. The molecule has 1 amide bonds. The number of aliphatic hydroxyl groups is 5. The second kappa shape index (κ2) is 26.9. The van der Waals surface area contributed by atoms with E-state index in [4.69, 9.17) is 9.84 Å². The fourth-order valence-electron chi connectivity index (χ4n) is 3.94. The highest BCUT2D eigenvalue weighted by molar-refractivity contribution is 5.78. The van der Waals surface area contributed by atoms with Crippen molar-refractivity contribution in [2.24, 2.45) is 5.92 Å². The minimum absolute atomic E-state index is 0.250. The lowest BCUT2D eigenvalue weighted by molar-refractivity contribution is -0.177. The molecule has 0 heterocycles. The highest BCUT2D eigenvalue weighted by Gasteiger charge is 2.36. The van der Waals surface area contributed by atoms with Crippen molar-refractivity contribution in [3.63, 3.8) is 0 Å². The lowest BCUT2D eigenvalue weighted by Crippen LogP contribution is -2.50. The van der Waals surface area contributed by atoms with Gasteiger partial charge in [0.25, 0.3) is 0 Å². The summed E-state index contributed by atoms with van der Waals surface area (Å²) in [6.07, 6.45) is 7.55. The van der Waals surface area contributed by atoms with Gasteiger partial charge in [0.1, 0.15) is 18.3 Å². The molecule has 0 aromatic rings. The van der Waals surface area contributed by atoms with Crippen molar-refractivity contribution in [1.82, 2.24) is 10.6 Å². The molecule has 0 aliphatic carbocycles. The van der Waals surface area contributed by atoms with Crippen molar-refractivity contribution in [1.29, 1.82) is 0 Å². The average Bonchev–Trinajstić information content (AvgIpc) is 2.91. The number of rotatable bonds is 23. The van der Waals surface area contributed by atoms with Crippen LogP contribution in [0.25, 0.3) is 0 Å². The first-order chi connectivity index (χ1) is 18.5. The van der Waals surface area contributed by atoms with Crippen LogP contribution in [0.4, 0.5) is 0 Å². The topological polar surface area (TPSA) is 169 Å². The Balaban J connectivity index is 0. The van der Waals surface area contributed by atoms with Crippen molar-refractivity contribution in [3.05, 3.63) is 0 Å². The third-order valence-corrected chi connectivity index (χ3v) is 6.38. The fourth-order valence-corrected chi connectivity index (χ4v) is 3.94. The lowest BCUT2D eigenvalue weighted by atomic mass is 10.0. The molecule has 5 atom stereocenters. The van der Waals surface area contributed by atoms with Crippen molar-refractivity contribution in [2.75, 3.05) is 20.7 Å². The molecule has 0 aromatic heterocycles. The quantitative estimate of drug-likeness (QED) is 0.0560. The molecule has 234 valence electrons. The number of aliphatic hydroxyl groups excluding tert-OH is 5. The Morgan fingerprint density at radius 1 is 0.744 bits per heavy atom. The molecule has 0 saturated heterocycles. The van der Waals surface area contributed by atoms with E-state index in [2.05, 4.69) is 24.5 Å². The van der Waals surface area contributed by atoms with Gasteiger partial charge in [-0.05, 0) is 26.4 Å². The minimum Gasteiger partial charge on any atom is -0.440 e. The maximum Gasteiger partial charge on any atom is 0.339 e. The predicted octanol–water partition coefficient (Wildman–Crippen LogP) is 2.77. The molecule has 0 aromatic carbocycles. The van der Waals surface area contributed by atoms with Gasteiger partial charge in [-0.1, -0.05) is 97.8 Å². The van der Waals surface area contributed by atoms with Crippen LogP contribution in [0.15, 0.2) is 0 Å². The number of carbonyl (C=O) groups is 2. The fraction of sp³-hybridized carbons (Fsp3) is 0.931. The van der Waals surface area contributed by atoms with Crippen molar-refractivity contribution >= 4 is 11.9 Å². The van der Waals surface area contributed by atoms with E-state index in [9.17, 15) is 30.0 Å². The van der Waals surface area contributed by atoms with Gasteiger partial charge in [0.05, 0.1) is 6.61 Å². The van der Waals surface area contributed by atoms with Crippen molar-refractivity contribution in [3.8, 4) is 0 Å². The zero-order valence-corrected chi connectivity index (χ0v) is 25.2. The molecular formula is C29H60N2O8. The van der Waals surface area contributed by atoms with E-state index < -0.39 is 43.2 Å². The van der Waals surface area contributed by atoms with Crippen LogP contribution >= 0.6 is 0 Å². The minimum atomic E-state index is -2.14. The van der Waals surface area contributed by atoms with Gasteiger partial charge in [-0.2, -0.15) is 0 Å².